The number of anilines is 1. The summed E-state index contributed by atoms with van der Waals surface area (Å²) < 4.78 is 5.38. The van der Waals surface area contributed by atoms with Gasteiger partial charge >= 0.3 is 0 Å². The summed E-state index contributed by atoms with van der Waals surface area (Å²) in [4.78, 5) is 29.1. The second-order valence-electron chi connectivity index (χ2n) is 6.49. The smallest absolute Gasteiger partial charge is 0.274 e. The molecule has 2 aromatic carbocycles. The van der Waals surface area contributed by atoms with Crippen LogP contribution in [0.3, 0.4) is 0 Å². The molecule has 0 atom stereocenters. The summed E-state index contributed by atoms with van der Waals surface area (Å²) in [5, 5.41) is 5.60. The highest BCUT2D eigenvalue weighted by Gasteiger charge is 2.12. The Hall–Kier alpha value is -3.67. The fraction of sp³-hybridized carbons (Fsp3) is 0.174. The predicted octanol–water partition coefficient (Wildman–Crippen LogP) is 3.97. The van der Waals surface area contributed by atoms with E-state index in [0.717, 1.165) is 16.9 Å². The lowest BCUT2D eigenvalue weighted by molar-refractivity contribution is 0.0945. The number of carbonyl (C=O) groups is 2. The van der Waals surface area contributed by atoms with E-state index in [-0.39, 0.29) is 23.2 Å². The van der Waals surface area contributed by atoms with Crippen molar-refractivity contribution in [3.63, 3.8) is 0 Å². The molecule has 0 saturated heterocycles. The molecular formula is C23H23N3O3. The first-order valence-corrected chi connectivity index (χ1v) is 9.40. The molecule has 0 bridgehead atoms. The van der Waals surface area contributed by atoms with E-state index < -0.39 is 0 Å². The number of hydrogen-bond donors (Lipinski definition) is 2. The van der Waals surface area contributed by atoms with Crippen LogP contribution < -0.4 is 15.4 Å². The molecule has 6 nitrogen and oxygen atoms in total. The second kappa shape index (κ2) is 9.50. The third kappa shape index (κ3) is 5.65. The lowest BCUT2D eigenvalue weighted by Gasteiger charge is -2.08. The van der Waals surface area contributed by atoms with Crippen molar-refractivity contribution >= 4 is 17.5 Å². The lowest BCUT2D eigenvalue weighted by Crippen LogP contribution is -2.25. The number of nitrogens with one attached hydrogen (secondary N) is 2. The number of nitrogens with zero attached hydrogens (tertiary/aromatic N) is 1. The number of aryl methyl sites for hydroxylation is 1. The molecule has 2 N–H and O–H groups in total. The average Bonchev–Trinajstić information content (AvgIpc) is 2.74. The minimum absolute atomic E-state index is 0.169. The number of carbonyl (C=O) groups excluding carboxylic acids is 2. The third-order valence-corrected chi connectivity index (χ3v) is 4.17. The van der Waals surface area contributed by atoms with Gasteiger partial charge in [-0.25, -0.2) is 4.98 Å². The summed E-state index contributed by atoms with van der Waals surface area (Å²) in [5.41, 5.74) is 3.11. The van der Waals surface area contributed by atoms with Gasteiger partial charge in [-0.3, -0.25) is 9.59 Å². The summed E-state index contributed by atoms with van der Waals surface area (Å²) in [6, 6.07) is 19.8. The Kier molecular flexibility index (Phi) is 6.58. The maximum Gasteiger partial charge on any atom is 0.274 e. The first-order valence-electron chi connectivity index (χ1n) is 9.40. The van der Waals surface area contributed by atoms with Crippen molar-refractivity contribution in [3.8, 4) is 5.75 Å². The molecule has 0 spiro atoms. The van der Waals surface area contributed by atoms with Crippen LogP contribution in [0.2, 0.25) is 0 Å². The fourth-order valence-electron chi connectivity index (χ4n) is 2.78. The number of benzene rings is 2. The maximum atomic E-state index is 12.5. The van der Waals surface area contributed by atoms with Gasteiger partial charge in [-0.1, -0.05) is 35.9 Å². The number of aromatic nitrogens is 1. The van der Waals surface area contributed by atoms with Gasteiger partial charge in [0, 0.05) is 12.2 Å². The molecule has 0 saturated carbocycles. The summed E-state index contributed by atoms with van der Waals surface area (Å²) in [6.45, 7) is 4.88. The van der Waals surface area contributed by atoms with Crippen molar-refractivity contribution in [1.29, 1.82) is 0 Å². The van der Waals surface area contributed by atoms with Crippen LogP contribution >= 0.6 is 0 Å². The predicted molar refractivity (Wildman–Crippen MR) is 112 cm³/mol. The zero-order valence-electron chi connectivity index (χ0n) is 16.4. The second-order valence-corrected chi connectivity index (χ2v) is 6.49. The highest BCUT2D eigenvalue weighted by atomic mass is 16.5. The van der Waals surface area contributed by atoms with Crippen molar-refractivity contribution in [1.82, 2.24) is 10.3 Å². The quantitative estimate of drug-likeness (QED) is 0.641. The van der Waals surface area contributed by atoms with E-state index in [1.165, 1.54) is 0 Å². The van der Waals surface area contributed by atoms with Crippen LogP contribution in [0.15, 0.2) is 66.7 Å². The molecule has 0 fully saturated rings. The molecule has 3 aromatic rings. The number of hydrogen-bond acceptors (Lipinski definition) is 4. The van der Waals surface area contributed by atoms with Crippen LogP contribution in [0.5, 0.6) is 5.75 Å². The Morgan fingerprint density at radius 3 is 2.31 bits per heavy atom. The van der Waals surface area contributed by atoms with E-state index in [0.29, 0.717) is 18.8 Å². The molecule has 3 rings (SSSR count). The molecule has 29 heavy (non-hydrogen) atoms. The first kappa shape index (κ1) is 20.1. The molecule has 1 aromatic heterocycles. The lowest BCUT2D eigenvalue weighted by atomic mass is 10.1. The summed E-state index contributed by atoms with van der Waals surface area (Å²) >= 11 is 0. The number of ether oxygens (including phenoxy) is 1. The molecule has 0 radical (unpaired) electrons. The van der Waals surface area contributed by atoms with E-state index >= 15 is 0 Å². The van der Waals surface area contributed by atoms with Gasteiger partial charge in [0.15, 0.2) is 0 Å². The highest BCUT2D eigenvalue weighted by Crippen LogP contribution is 2.16. The van der Waals surface area contributed by atoms with Crippen molar-refractivity contribution in [2.24, 2.45) is 0 Å². The van der Waals surface area contributed by atoms with Gasteiger partial charge in [-0.15, -0.1) is 0 Å². The molecule has 6 heteroatoms. The van der Waals surface area contributed by atoms with Crippen molar-refractivity contribution in [3.05, 3.63) is 89.2 Å². The van der Waals surface area contributed by atoms with Gasteiger partial charge in [0.2, 0.25) is 0 Å². The molecule has 0 unspecified atom stereocenters. The molecule has 2 amide bonds. The van der Waals surface area contributed by atoms with Gasteiger partial charge in [0.05, 0.1) is 6.61 Å². The monoisotopic (exact) mass is 389 g/mol. The summed E-state index contributed by atoms with van der Waals surface area (Å²) in [5.74, 6) is 0.0145. The normalized spacial score (nSPS) is 10.3. The number of rotatable bonds is 7. The minimum atomic E-state index is -0.387. The van der Waals surface area contributed by atoms with Gasteiger partial charge in [0.1, 0.15) is 17.1 Å². The Bertz CT molecular complexity index is 1000. The average molecular weight is 389 g/mol. The minimum Gasteiger partial charge on any atom is -0.494 e. The fourth-order valence-corrected chi connectivity index (χ4v) is 2.78. The van der Waals surface area contributed by atoms with Gasteiger partial charge in [0.25, 0.3) is 11.8 Å². The Morgan fingerprint density at radius 2 is 1.62 bits per heavy atom. The summed E-state index contributed by atoms with van der Waals surface area (Å²) in [6.07, 6.45) is 0. The Labute approximate surface area is 169 Å². The SMILES string of the molecule is CCOc1ccc(NC(=O)c2cccc(C(=O)NCc3cccc(C)c3)n2)cc1. The molecule has 0 aliphatic carbocycles. The van der Waals surface area contributed by atoms with E-state index in [2.05, 4.69) is 15.6 Å². The highest BCUT2D eigenvalue weighted by molar-refractivity contribution is 6.03. The Morgan fingerprint density at radius 1 is 0.931 bits per heavy atom. The van der Waals surface area contributed by atoms with Crippen LogP contribution in [0.25, 0.3) is 0 Å². The van der Waals surface area contributed by atoms with E-state index in [4.69, 9.17) is 4.74 Å². The molecular weight excluding hydrogens is 366 g/mol. The molecule has 148 valence electrons. The van der Waals surface area contributed by atoms with E-state index in [1.807, 2.05) is 38.1 Å². The molecule has 0 aliphatic heterocycles. The van der Waals surface area contributed by atoms with Crippen molar-refractivity contribution in [2.45, 2.75) is 20.4 Å². The van der Waals surface area contributed by atoms with Crippen LogP contribution in [-0.4, -0.2) is 23.4 Å². The van der Waals surface area contributed by atoms with Gasteiger partial charge < -0.3 is 15.4 Å². The zero-order valence-corrected chi connectivity index (χ0v) is 16.4. The number of pyridine rings is 1. The van der Waals surface area contributed by atoms with E-state index in [9.17, 15) is 9.59 Å². The maximum absolute atomic E-state index is 12.5. The molecule has 0 aliphatic rings. The zero-order chi connectivity index (χ0) is 20.6. The van der Waals surface area contributed by atoms with Crippen LogP contribution in [0.1, 0.15) is 39.0 Å². The van der Waals surface area contributed by atoms with Gasteiger partial charge in [-0.05, 0) is 55.8 Å². The van der Waals surface area contributed by atoms with Gasteiger partial charge in [-0.2, -0.15) is 0 Å². The van der Waals surface area contributed by atoms with E-state index in [1.54, 1.807) is 42.5 Å². The topological polar surface area (TPSA) is 80.3 Å². The van der Waals surface area contributed by atoms with Crippen LogP contribution in [-0.2, 0) is 6.54 Å². The van der Waals surface area contributed by atoms with Crippen LogP contribution in [0.4, 0.5) is 5.69 Å². The number of amides is 2. The Balaban J connectivity index is 1.63. The molecule has 1 heterocycles. The summed E-state index contributed by atoms with van der Waals surface area (Å²) in [7, 11) is 0. The van der Waals surface area contributed by atoms with Crippen molar-refractivity contribution in [2.75, 3.05) is 11.9 Å². The first-order chi connectivity index (χ1) is 14.0. The van der Waals surface area contributed by atoms with Crippen LogP contribution in [0, 0.1) is 6.92 Å². The standard InChI is InChI=1S/C23H23N3O3/c1-3-29-19-12-10-18(11-13-19)25-23(28)21-9-5-8-20(26-21)22(27)24-15-17-7-4-6-16(2)14-17/h4-14H,3,15H2,1-2H3,(H,24,27)(H,25,28). The van der Waals surface area contributed by atoms with Crippen molar-refractivity contribution < 1.29 is 14.3 Å². The largest absolute Gasteiger partial charge is 0.494 e. The third-order valence-electron chi connectivity index (χ3n) is 4.17.